The van der Waals surface area contributed by atoms with E-state index >= 15 is 0 Å². The molecule has 0 spiro atoms. The first-order chi connectivity index (χ1) is 11.9. The van der Waals surface area contributed by atoms with Crippen LogP contribution in [0.5, 0.6) is 0 Å². The zero-order valence-corrected chi connectivity index (χ0v) is 14.0. The van der Waals surface area contributed by atoms with Crippen LogP contribution < -0.4 is 5.32 Å². The monoisotopic (exact) mass is 347 g/mol. The molecule has 1 atom stereocenters. The predicted molar refractivity (Wildman–Crippen MR) is 90.5 cm³/mol. The Hall–Kier alpha value is -3.09. The van der Waals surface area contributed by atoms with Gasteiger partial charge in [-0.05, 0) is 12.5 Å². The number of nitrogens with one attached hydrogen (secondary N) is 1. The van der Waals surface area contributed by atoms with Crippen LogP contribution in [0.2, 0.25) is 0 Å². The molecule has 1 unspecified atom stereocenters. The van der Waals surface area contributed by atoms with Gasteiger partial charge in [-0.3, -0.25) is 0 Å². The van der Waals surface area contributed by atoms with E-state index in [1.165, 1.54) is 6.92 Å². The van der Waals surface area contributed by atoms with Crippen molar-refractivity contribution in [3.05, 3.63) is 60.7 Å². The van der Waals surface area contributed by atoms with Gasteiger partial charge >= 0.3 is 18.0 Å². The number of rotatable bonds is 9. The van der Waals surface area contributed by atoms with Crippen LogP contribution >= 0.6 is 0 Å². The molecular formula is C18H21NO6. The molecule has 0 aliphatic heterocycles. The van der Waals surface area contributed by atoms with E-state index in [4.69, 9.17) is 14.2 Å². The summed E-state index contributed by atoms with van der Waals surface area (Å²) >= 11 is 0. The first kappa shape index (κ1) is 20.0. The smallest absolute Gasteiger partial charge is 0.407 e. The van der Waals surface area contributed by atoms with Crippen molar-refractivity contribution in [3.8, 4) is 0 Å². The molecule has 1 aromatic rings. The Morgan fingerprint density at radius 2 is 1.80 bits per heavy atom. The van der Waals surface area contributed by atoms with Crippen molar-refractivity contribution in [2.45, 2.75) is 19.6 Å². The number of esters is 2. The molecule has 0 fully saturated rings. The molecule has 0 aliphatic carbocycles. The van der Waals surface area contributed by atoms with Gasteiger partial charge in [0.15, 0.2) is 6.10 Å². The normalized spacial score (nSPS) is 10.9. The lowest BCUT2D eigenvalue weighted by Gasteiger charge is -2.18. The van der Waals surface area contributed by atoms with E-state index in [0.717, 1.165) is 11.6 Å². The number of amides is 1. The molecule has 134 valence electrons. The summed E-state index contributed by atoms with van der Waals surface area (Å²) in [6, 6.07) is 9.24. The van der Waals surface area contributed by atoms with E-state index in [2.05, 4.69) is 18.5 Å². The Morgan fingerprint density at radius 3 is 2.40 bits per heavy atom. The van der Waals surface area contributed by atoms with Crippen LogP contribution in [0.15, 0.2) is 55.1 Å². The Labute approximate surface area is 146 Å². The molecule has 1 aromatic carbocycles. The molecule has 0 saturated heterocycles. The van der Waals surface area contributed by atoms with Gasteiger partial charge in [0.05, 0.1) is 0 Å². The van der Waals surface area contributed by atoms with Gasteiger partial charge in [-0.15, -0.1) is 0 Å². The van der Waals surface area contributed by atoms with Crippen LogP contribution in [-0.2, 0) is 30.3 Å². The number of carbonyl (C=O) groups excluding carboxylic acids is 3. The second kappa shape index (κ2) is 10.6. The third kappa shape index (κ3) is 8.36. The summed E-state index contributed by atoms with van der Waals surface area (Å²) < 4.78 is 14.9. The lowest BCUT2D eigenvalue weighted by atomic mass is 10.2. The first-order valence-electron chi connectivity index (χ1n) is 7.52. The summed E-state index contributed by atoms with van der Waals surface area (Å²) in [6.07, 6.45) is -0.704. The van der Waals surface area contributed by atoms with Crippen LogP contribution in [0.1, 0.15) is 12.5 Å². The Kier molecular flexibility index (Phi) is 8.49. The lowest BCUT2D eigenvalue weighted by Crippen LogP contribution is -2.35. The second-order valence-corrected chi connectivity index (χ2v) is 5.08. The van der Waals surface area contributed by atoms with E-state index in [0.29, 0.717) is 0 Å². The van der Waals surface area contributed by atoms with E-state index in [1.54, 1.807) is 0 Å². The van der Waals surface area contributed by atoms with Crippen molar-refractivity contribution in [1.82, 2.24) is 5.32 Å². The largest absolute Gasteiger partial charge is 0.458 e. The standard InChI is InChI=1S/C18H21NO6/c1-4-16(20)23-11-15(12-24-17(21)13(2)3)25-18(22)19-10-14-8-6-5-7-9-14/h4-9,15H,1-2,10-12H2,3H3,(H,19,22). The van der Waals surface area contributed by atoms with Gasteiger partial charge in [0.1, 0.15) is 13.2 Å². The first-order valence-corrected chi connectivity index (χ1v) is 7.52. The van der Waals surface area contributed by atoms with Crippen molar-refractivity contribution >= 4 is 18.0 Å². The predicted octanol–water partition coefficient (Wildman–Crippen LogP) is 2.13. The zero-order chi connectivity index (χ0) is 18.7. The molecule has 1 rings (SSSR count). The van der Waals surface area contributed by atoms with Crippen LogP contribution in [0.25, 0.3) is 0 Å². The highest BCUT2D eigenvalue weighted by molar-refractivity contribution is 5.87. The highest BCUT2D eigenvalue weighted by Crippen LogP contribution is 2.02. The van der Waals surface area contributed by atoms with Crippen molar-refractivity contribution in [2.75, 3.05) is 13.2 Å². The molecule has 0 heterocycles. The van der Waals surface area contributed by atoms with Gasteiger partial charge in [-0.25, -0.2) is 14.4 Å². The summed E-state index contributed by atoms with van der Waals surface area (Å²) in [7, 11) is 0. The fourth-order valence-electron chi connectivity index (χ4n) is 1.61. The summed E-state index contributed by atoms with van der Waals surface area (Å²) in [5, 5.41) is 2.56. The molecule has 0 radical (unpaired) electrons. The SMILES string of the molecule is C=CC(=O)OCC(COC(=O)C(=C)C)OC(=O)NCc1ccccc1. The molecule has 1 amide bonds. The molecule has 7 nitrogen and oxygen atoms in total. The van der Waals surface area contributed by atoms with Crippen LogP contribution in [0.4, 0.5) is 4.79 Å². The molecule has 0 aromatic heterocycles. The number of ether oxygens (including phenoxy) is 3. The summed E-state index contributed by atoms with van der Waals surface area (Å²) in [6.45, 7) is 7.94. The highest BCUT2D eigenvalue weighted by atomic mass is 16.6. The molecule has 0 bridgehead atoms. The highest BCUT2D eigenvalue weighted by Gasteiger charge is 2.19. The topological polar surface area (TPSA) is 90.9 Å². The van der Waals surface area contributed by atoms with Crippen LogP contribution in [0, 0.1) is 0 Å². The lowest BCUT2D eigenvalue weighted by molar-refractivity contribution is -0.147. The van der Waals surface area contributed by atoms with E-state index in [1.807, 2.05) is 30.3 Å². The van der Waals surface area contributed by atoms with Crippen LogP contribution in [-0.4, -0.2) is 37.3 Å². The number of alkyl carbamates (subject to hydrolysis) is 1. The van der Waals surface area contributed by atoms with Crippen molar-refractivity contribution < 1.29 is 28.6 Å². The minimum atomic E-state index is -0.956. The van der Waals surface area contributed by atoms with Crippen molar-refractivity contribution in [1.29, 1.82) is 0 Å². The Morgan fingerprint density at radius 1 is 1.16 bits per heavy atom. The fourth-order valence-corrected chi connectivity index (χ4v) is 1.61. The third-order valence-electron chi connectivity index (χ3n) is 2.88. The summed E-state index contributed by atoms with van der Waals surface area (Å²) in [4.78, 5) is 34.4. The average Bonchev–Trinajstić information content (AvgIpc) is 2.62. The Bertz CT molecular complexity index is 626. The Balaban J connectivity index is 2.52. The van der Waals surface area contributed by atoms with Gasteiger partial charge in [0, 0.05) is 18.2 Å². The number of carbonyl (C=O) groups is 3. The second-order valence-electron chi connectivity index (χ2n) is 5.08. The van der Waals surface area contributed by atoms with Crippen molar-refractivity contribution in [2.24, 2.45) is 0 Å². The number of benzene rings is 1. The molecule has 1 N–H and O–H groups in total. The third-order valence-corrected chi connectivity index (χ3v) is 2.88. The molecular weight excluding hydrogens is 326 g/mol. The zero-order valence-electron chi connectivity index (χ0n) is 14.0. The van der Waals surface area contributed by atoms with Gasteiger partial charge in [-0.1, -0.05) is 43.5 Å². The molecule has 0 saturated carbocycles. The number of hydrogen-bond acceptors (Lipinski definition) is 6. The van der Waals surface area contributed by atoms with E-state index in [-0.39, 0.29) is 25.3 Å². The number of hydrogen-bond donors (Lipinski definition) is 1. The minimum Gasteiger partial charge on any atom is -0.458 e. The molecule has 0 aliphatic rings. The van der Waals surface area contributed by atoms with Gasteiger partial charge in [-0.2, -0.15) is 0 Å². The quantitative estimate of drug-likeness (QED) is 0.418. The maximum Gasteiger partial charge on any atom is 0.407 e. The maximum atomic E-state index is 11.9. The molecule has 25 heavy (non-hydrogen) atoms. The minimum absolute atomic E-state index is 0.204. The summed E-state index contributed by atoms with van der Waals surface area (Å²) in [5.41, 5.74) is 1.10. The van der Waals surface area contributed by atoms with Crippen molar-refractivity contribution in [3.63, 3.8) is 0 Å². The average molecular weight is 347 g/mol. The van der Waals surface area contributed by atoms with E-state index < -0.39 is 24.1 Å². The van der Waals surface area contributed by atoms with Gasteiger partial charge < -0.3 is 19.5 Å². The maximum absolute atomic E-state index is 11.9. The van der Waals surface area contributed by atoms with Gasteiger partial charge in [0.2, 0.25) is 0 Å². The summed E-state index contributed by atoms with van der Waals surface area (Å²) in [5.74, 6) is -1.31. The molecule has 7 heteroatoms. The van der Waals surface area contributed by atoms with E-state index in [9.17, 15) is 14.4 Å². The van der Waals surface area contributed by atoms with Gasteiger partial charge in [0.25, 0.3) is 0 Å². The fraction of sp³-hybridized carbons (Fsp3) is 0.278. The van der Waals surface area contributed by atoms with Crippen LogP contribution in [0.3, 0.4) is 0 Å².